The molecule has 0 amide bonds. The Hall–Kier alpha value is -1.32. The largest absolute Gasteiger partial charge is 0.350 e. The number of fused-ring (bicyclic) bond motifs is 2. The first-order chi connectivity index (χ1) is 8.60. The number of nitrogens with two attached hydrogens (primary N) is 1. The van der Waals surface area contributed by atoms with Gasteiger partial charge in [-0.15, -0.1) is 0 Å². The van der Waals surface area contributed by atoms with Crippen molar-refractivity contribution in [1.82, 2.24) is 9.47 Å². The Kier molecular flexibility index (Phi) is 2.68. The van der Waals surface area contributed by atoms with Crippen LogP contribution in [0.5, 0.6) is 0 Å². The van der Waals surface area contributed by atoms with Crippen molar-refractivity contribution < 1.29 is 0 Å². The molecule has 3 heteroatoms. The summed E-state index contributed by atoms with van der Waals surface area (Å²) in [5, 5.41) is 1.32. The van der Waals surface area contributed by atoms with Crippen LogP contribution in [0.3, 0.4) is 0 Å². The van der Waals surface area contributed by atoms with E-state index in [2.05, 4.69) is 48.7 Å². The smallest absolute Gasteiger partial charge is 0.0484 e. The van der Waals surface area contributed by atoms with Crippen LogP contribution in [-0.2, 0) is 26.7 Å². The molecule has 1 aromatic heterocycles. The van der Waals surface area contributed by atoms with E-state index in [1.807, 2.05) is 0 Å². The van der Waals surface area contributed by atoms with E-state index in [1.54, 1.807) is 0 Å². The molecule has 1 aliphatic heterocycles. The predicted octanol–water partition coefficient (Wildman–Crippen LogP) is 2.36. The molecule has 2 aromatic rings. The van der Waals surface area contributed by atoms with Gasteiger partial charge >= 0.3 is 0 Å². The molecule has 0 atom stereocenters. The second-order valence-electron chi connectivity index (χ2n) is 5.61. The number of benzene rings is 1. The standard InChI is InChI=1S/C15H21N3/c1-10(2)18-8-11-4-14-13(6-16)7-17(3)15(14)5-12(11)9-18/h4-5,7,10H,6,8-9,16H2,1-3H3. The normalized spacial score (nSPS) is 15.8. The summed E-state index contributed by atoms with van der Waals surface area (Å²) in [5.74, 6) is 0. The fraction of sp³-hybridized carbons (Fsp3) is 0.467. The summed E-state index contributed by atoms with van der Waals surface area (Å²) in [6, 6.07) is 5.29. The third-order valence-electron chi connectivity index (χ3n) is 4.09. The van der Waals surface area contributed by atoms with E-state index in [0.717, 1.165) is 13.1 Å². The van der Waals surface area contributed by atoms with E-state index in [-0.39, 0.29) is 0 Å². The lowest BCUT2D eigenvalue weighted by atomic mass is 10.1. The first kappa shape index (κ1) is 11.8. The molecule has 0 fully saturated rings. The first-order valence-corrected chi connectivity index (χ1v) is 6.64. The molecule has 0 saturated heterocycles. The monoisotopic (exact) mass is 243 g/mol. The molecule has 0 unspecified atom stereocenters. The van der Waals surface area contributed by atoms with Crippen LogP contribution in [0.25, 0.3) is 10.9 Å². The lowest BCUT2D eigenvalue weighted by molar-refractivity contribution is 0.227. The summed E-state index contributed by atoms with van der Waals surface area (Å²) in [4.78, 5) is 2.51. The van der Waals surface area contributed by atoms with Gasteiger partial charge < -0.3 is 10.3 Å². The van der Waals surface area contributed by atoms with E-state index in [9.17, 15) is 0 Å². The topological polar surface area (TPSA) is 34.2 Å². The van der Waals surface area contributed by atoms with Crippen molar-refractivity contribution in [3.8, 4) is 0 Å². The van der Waals surface area contributed by atoms with Gasteiger partial charge in [-0.2, -0.15) is 0 Å². The van der Waals surface area contributed by atoms with Gasteiger partial charge in [0.05, 0.1) is 0 Å². The Morgan fingerprint density at radius 3 is 2.50 bits per heavy atom. The van der Waals surface area contributed by atoms with Crippen molar-refractivity contribution in [2.75, 3.05) is 0 Å². The van der Waals surface area contributed by atoms with E-state index >= 15 is 0 Å². The summed E-state index contributed by atoms with van der Waals surface area (Å²) >= 11 is 0. The molecule has 18 heavy (non-hydrogen) atoms. The van der Waals surface area contributed by atoms with Gasteiger partial charge in [-0.25, -0.2) is 0 Å². The summed E-state index contributed by atoms with van der Waals surface area (Å²) in [6.45, 7) is 7.28. The van der Waals surface area contributed by atoms with Crippen LogP contribution < -0.4 is 5.73 Å². The zero-order valence-corrected chi connectivity index (χ0v) is 11.4. The minimum absolute atomic E-state index is 0.606. The Morgan fingerprint density at radius 1 is 1.22 bits per heavy atom. The van der Waals surface area contributed by atoms with E-state index in [1.165, 1.54) is 27.6 Å². The summed E-state index contributed by atoms with van der Waals surface area (Å²) in [6.07, 6.45) is 2.15. The molecule has 0 bridgehead atoms. The number of hydrogen-bond donors (Lipinski definition) is 1. The highest BCUT2D eigenvalue weighted by Gasteiger charge is 2.22. The summed E-state index contributed by atoms with van der Waals surface area (Å²) in [5.41, 5.74) is 11.3. The van der Waals surface area contributed by atoms with E-state index in [0.29, 0.717) is 12.6 Å². The van der Waals surface area contributed by atoms with Crippen molar-refractivity contribution in [1.29, 1.82) is 0 Å². The van der Waals surface area contributed by atoms with Crippen LogP contribution in [-0.4, -0.2) is 15.5 Å². The number of aromatic nitrogens is 1. The van der Waals surface area contributed by atoms with Crippen molar-refractivity contribution in [2.24, 2.45) is 12.8 Å². The third kappa shape index (κ3) is 1.66. The lowest BCUT2D eigenvalue weighted by Gasteiger charge is -2.18. The van der Waals surface area contributed by atoms with Crippen LogP contribution in [0.15, 0.2) is 18.3 Å². The van der Waals surface area contributed by atoms with Crippen LogP contribution in [0.2, 0.25) is 0 Å². The highest BCUT2D eigenvalue weighted by atomic mass is 15.2. The van der Waals surface area contributed by atoms with Crippen LogP contribution >= 0.6 is 0 Å². The van der Waals surface area contributed by atoms with E-state index < -0.39 is 0 Å². The first-order valence-electron chi connectivity index (χ1n) is 6.64. The molecule has 0 aliphatic carbocycles. The number of nitrogens with zero attached hydrogens (tertiary/aromatic N) is 2. The van der Waals surface area contributed by atoms with Crippen LogP contribution in [0.4, 0.5) is 0 Å². The average molecular weight is 243 g/mol. The number of aryl methyl sites for hydroxylation is 1. The molecule has 1 aromatic carbocycles. The summed E-state index contributed by atoms with van der Waals surface area (Å²) in [7, 11) is 2.10. The van der Waals surface area contributed by atoms with Gasteiger partial charge in [0.1, 0.15) is 0 Å². The second-order valence-corrected chi connectivity index (χ2v) is 5.61. The van der Waals surface area contributed by atoms with Crippen LogP contribution in [0.1, 0.15) is 30.5 Å². The molecule has 0 spiro atoms. The zero-order valence-electron chi connectivity index (χ0n) is 11.4. The van der Waals surface area contributed by atoms with Crippen molar-refractivity contribution >= 4 is 10.9 Å². The Morgan fingerprint density at radius 2 is 1.89 bits per heavy atom. The quantitative estimate of drug-likeness (QED) is 0.878. The fourth-order valence-electron chi connectivity index (χ4n) is 2.91. The second kappa shape index (κ2) is 4.11. The van der Waals surface area contributed by atoms with Crippen molar-refractivity contribution in [3.05, 3.63) is 35.0 Å². The zero-order chi connectivity index (χ0) is 12.9. The van der Waals surface area contributed by atoms with Gasteiger partial charge in [0.15, 0.2) is 0 Å². The maximum absolute atomic E-state index is 5.83. The third-order valence-corrected chi connectivity index (χ3v) is 4.09. The number of rotatable bonds is 2. The summed E-state index contributed by atoms with van der Waals surface area (Å²) < 4.78 is 2.19. The molecule has 2 heterocycles. The van der Waals surface area contributed by atoms with Crippen LogP contribution in [0, 0.1) is 0 Å². The maximum atomic E-state index is 5.83. The molecular formula is C15H21N3. The molecule has 3 rings (SSSR count). The SMILES string of the molecule is CC(C)N1Cc2cc3c(CN)cn(C)c3cc2C1. The molecule has 3 nitrogen and oxygen atoms in total. The highest BCUT2D eigenvalue weighted by Crippen LogP contribution is 2.31. The fourth-order valence-corrected chi connectivity index (χ4v) is 2.91. The van der Waals surface area contributed by atoms with Crippen molar-refractivity contribution in [2.45, 2.75) is 39.5 Å². The Bertz CT molecular complexity index is 595. The Balaban J connectivity index is 2.12. The van der Waals surface area contributed by atoms with Gasteiger partial charge in [-0.05, 0) is 42.7 Å². The highest BCUT2D eigenvalue weighted by molar-refractivity contribution is 5.85. The van der Waals surface area contributed by atoms with Crippen molar-refractivity contribution in [3.63, 3.8) is 0 Å². The van der Waals surface area contributed by atoms with Gasteiger partial charge in [0.2, 0.25) is 0 Å². The molecule has 0 saturated carbocycles. The van der Waals surface area contributed by atoms with E-state index in [4.69, 9.17) is 5.73 Å². The number of hydrogen-bond acceptors (Lipinski definition) is 2. The molecule has 0 radical (unpaired) electrons. The predicted molar refractivity (Wildman–Crippen MR) is 75.2 cm³/mol. The minimum atomic E-state index is 0.606. The average Bonchev–Trinajstić information content (AvgIpc) is 2.88. The lowest BCUT2D eigenvalue weighted by Crippen LogP contribution is -2.24. The molecular weight excluding hydrogens is 222 g/mol. The van der Waals surface area contributed by atoms with Gasteiger partial charge in [-0.1, -0.05) is 0 Å². The maximum Gasteiger partial charge on any atom is 0.0484 e. The van der Waals surface area contributed by atoms with Gasteiger partial charge in [0.25, 0.3) is 0 Å². The Labute approximate surface area is 108 Å². The molecule has 96 valence electrons. The van der Waals surface area contributed by atoms with Gasteiger partial charge in [0, 0.05) is 49.8 Å². The molecule has 1 aliphatic rings. The molecule has 2 N–H and O–H groups in total. The minimum Gasteiger partial charge on any atom is -0.350 e. The van der Waals surface area contributed by atoms with Gasteiger partial charge in [-0.3, -0.25) is 4.90 Å².